The van der Waals surface area contributed by atoms with E-state index in [-0.39, 0.29) is 0 Å². The lowest BCUT2D eigenvalue weighted by atomic mass is 10.1. The summed E-state index contributed by atoms with van der Waals surface area (Å²) < 4.78 is 2.66. The zero-order chi connectivity index (χ0) is 13.0. The molecule has 0 radical (unpaired) electrons. The van der Waals surface area contributed by atoms with Gasteiger partial charge in [-0.3, -0.25) is 0 Å². The summed E-state index contributed by atoms with van der Waals surface area (Å²) in [6.45, 7) is 4.32. The Morgan fingerprint density at radius 1 is 1.05 bits per heavy atom. The number of rotatable bonds is 1. The third kappa shape index (κ3) is 1.58. The zero-order valence-electron chi connectivity index (χ0n) is 10.9. The van der Waals surface area contributed by atoms with E-state index in [1.807, 2.05) is 11.3 Å². The Kier molecular flexibility index (Phi) is 2.21. The lowest BCUT2D eigenvalue weighted by Gasteiger charge is -1.95. The van der Waals surface area contributed by atoms with Crippen molar-refractivity contribution in [3.63, 3.8) is 0 Å². The minimum absolute atomic E-state index is 0.433. The van der Waals surface area contributed by atoms with Gasteiger partial charge in [0, 0.05) is 26.1 Å². The van der Waals surface area contributed by atoms with Crippen molar-refractivity contribution in [3.05, 3.63) is 42.2 Å². The third-order valence-electron chi connectivity index (χ3n) is 3.55. The second-order valence-electron chi connectivity index (χ2n) is 5.24. The van der Waals surface area contributed by atoms with E-state index >= 15 is 0 Å². The molecular weight excluding hydrogens is 252 g/mol. The normalized spacial score (nSPS) is 12.2. The van der Waals surface area contributed by atoms with Gasteiger partial charge in [0.25, 0.3) is 0 Å². The average molecular weight is 266 g/mol. The molecular formula is C16H14N2S. The van der Waals surface area contributed by atoms with E-state index in [1.165, 1.54) is 20.2 Å². The van der Waals surface area contributed by atoms with Gasteiger partial charge in [-0.2, -0.15) is 0 Å². The maximum Gasteiger partial charge on any atom is 0.109 e. The summed E-state index contributed by atoms with van der Waals surface area (Å²) in [5, 5.41) is 2.66. The van der Waals surface area contributed by atoms with Crippen LogP contribution in [0.3, 0.4) is 0 Å². The van der Waals surface area contributed by atoms with Gasteiger partial charge >= 0.3 is 0 Å². The van der Waals surface area contributed by atoms with Crippen molar-refractivity contribution in [1.29, 1.82) is 0 Å². The number of imidazole rings is 1. The molecule has 0 aliphatic rings. The van der Waals surface area contributed by atoms with Gasteiger partial charge in [0.05, 0.1) is 11.0 Å². The third-order valence-corrected chi connectivity index (χ3v) is 4.68. The van der Waals surface area contributed by atoms with E-state index in [1.54, 1.807) is 0 Å². The number of benzene rings is 2. The summed E-state index contributed by atoms with van der Waals surface area (Å²) in [6.07, 6.45) is 0. The number of aromatic nitrogens is 2. The number of hydrogen-bond donors (Lipinski definition) is 1. The molecule has 0 bridgehead atoms. The fourth-order valence-electron chi connectivity index (χ4n) is 2.52. The van der Waals surface area contributed by atoms with Crippen LogP contribution >= 0.6 is 11.3 Å². The molecule has 0 unspecified atom stereocenters. The number of aromatic amines is 1. The molecule has 0 saturated carbocycles. The van der Waals surface area contributed by atoms with E-state index in [2.05, 4.69) is 60.2 Å². The molecule has 2 aromatic carbocycles. The van der Waals surface area contributed by atoms with Crippen LogP contribution in [0.25, 0.3) is 31.2 Å². The van der Waals surface area contributed by atoms with Gasteiger partial charge in [-0.15, -0.1) is 11.3 Å². The van der Waals surface area contributed by atoms with Crippen molar-refractivity contribution < 1.29 is 0 Å². The fraction of sp³-hybridized carbons (Fsp3) is 0.188. The molecule has 0 saturated heterocycles. The molecule has 0 fully saturated rings. The number of nitrogens with one attached hydrogen (secondary N) is 1. The molecule has 0 spiro atoms. The molecule has 1 N–H and O–H groups in total. The zero-order valence-corrected chi connectivity index (χ0v) is 11.7. The summed E-state index contributed by atoms with van der Waals surface area (Å²) in [7, 11) is 0. The minimum atomic E-state index is 0.433. The smallest absolute Gasteiger partial charge is 0.109 e. The lowest BCUT2D eigenvalue weighted by Crippen LogP contribution is -1.88. The van der Waals surface area contributed by atoms with Crippen LogP contribution in [0.15, 0.2) is 36.4 Å². The van der Waals surface area contributed by atoms with Crippen LogP contribution in [0.5, 0.6) is 0 Å². The Bertz CT molecular complexity index is 899. The molecule has 2 heterocycles. The standard InChI is InChI=1S/C16H14N2S/c1-9(2)16-17-12-7-11-10-5-3-4-6-14(10)19-15(11)8-13(12)18-16/h3-9H,1-2H3,(H,17,18). The van der Waals surface area contributed by atoms with E-state index in [4.69, 9.17) is 0 Å². The number of hydrogen-bond acceptors (Lipinski definition) is 2. The van der Waals surface area contributed by atoms with Crippen LogP contribution in [0, 0.1) is 0 Å². The van der Waals surface area contributed by atoms with Crippen molar-refractivity contribution >= 4 is 42.5 Å². The van der Waals surface area contributed by atoms with E-state index < -0.39 is 0 Å². The molecule has 0 aliphatic heterocycles. The van der Waals surface area contributed by atoms with Crippen LogP contribution in [0.4, 0.5) is 0 Å². The summed E-state index contributed by atoms with van der Waals surface area (Å²) in [5.41, 5.74) is 2.21. The fourth-order valence-corrected chi connectivity index (χ4v) is 3.64. The Hall–Kier alpha value is -1.87. The molecule has 2 aromatic heterocycles. The van der Waals surface area contributed by atoms with Gasteiger partial charge in [-0.05, 0) is 18.2 Å². The Morgan fingerprint density at radius 3 is 2.74 bits per heavy atom. The molecule has 0 amide bonds. The van der Waals surface area contributed by atoms with Crippen LogP contribution in [-0.2, 0) is 0 Å². The average Bonchev–Trinajstić information content (AvgIpc) is 2.96. The van der Waals surface area contributed by atoms with E-state index in [9.17, 15) is 0 Å². The highest BCUT2D eigenvalue weighted by Crippen LogP contribution is 2.35. The molecule has 4 rings (SSSR count). The number of H-pyrrole nitrogens is 1. The number of nitrogens with zero attached hydrogens (tertiary/aromatic N) is 1. The maximum absolute atomic E-state index is 4.68. The predicted octanol–water partition coefficient (Wildman–Crippen LogP) is 5.05. The Balaban J connectivity index is 2.11. The summed E-state index contributed by atoms with van der Waals surface area (Å²) in [6, 6.07) is 13.0. The van der Waals surface area contributed by atoms with Gasteiger partial charge < -0.3 is 4.98 Å². The molecule has 0 aliphatic carbocycles. The second-order valence-corrected chi connectivity index (χ2v) is 6.32. The first-order valence-electron chi connectivity index (χ1n) is 6.53. The minimum Gasteiger partial charge on any atom is -0.342 e. The van der Waals surface area contributed by atoms with Crippen molar-refractivity contribution in [2.24, 2.45) is 0 Å². The molecule has 2 nitrogen and oxygen atoms in total. The topological polar surface area (TPSA) is 28.7 Å². The van der Waals surface area contributed by atoms with Crippen LogP contribution in [0.2, 0.25) is 0 Å². The van der Waals surface area contributed by atoms with Crippen molar-refractivity contribution in [2.45, 2.75) is 19.8 Å². The highest BCUT2D eigenvalue weighted by molar-refractivity contribution is 7.25. The van der Waals surface area contributed by atoms with Crippen LogP contribution < -0.4 is 0 Å². The monoisotopic (exact) mass is 266 g/mol. The van der Waals surface area contributed by atoms with E-state index in [0.29, 0.717) is 5.92 Å². The summed E-state index contributed by atoms with van der Waals surface area (Å²) >= 11 is 1.84. The Labute approximate surface area is 115 Å². The maximum atomic E-state index is 4.68. The van der Waals surface area contributed by atoms with Gasteiger partial charge in [0.2, 0.25) is 0 Å². The van der Waals surface area contributed by atoms with Gasteiger partial charge in [0.1, 0.15) is 5.82 Å². The van der Waals surface area contributed by atoms with Crippen molar-refractivity contribution in [3.8, 4) is 0 Å². The first kappa shape index (κ1) is 11.0. The van der Waals surface area contributed by atoms with Gasteiger partial charge in [-0.1, -0.05) is 32.0 Å². The van der Waals surface area contributed by atoms with E-state index in [0.717, 1.165) is 16.9 Å². The second kappa shape index (κ2) is 3.81. The number of fused-ring (bicyclic) bond motifs is 4. The Morgan fingerprint density at radius 2 is 1.89 bits per heavy atom. The van der Waals surface area contributed by atoms with Crippen LogP contribution in [-0.4, -0.2) is 9.97 Å². The van der Waals surface area contributed by atoms with Gasteiger partial charge in [-0.25, -0.2) is 4.98 Å². The molecule has 19 heavy (non-hydrogen) atoms. The van der Waals surface area contributed by atoms with Gasteiger partial charge in [0.15, 0.2) is 0 Å². The number of thiophene rings is 1. The quantitative estimate of drug-likeness (QED) is 0.513. The summed E-state index contributed by atoms with van der Waals surface area (Å²) in [4.78, 5) is 8.12. The molecule has 4 aromatic rings. The highest BCUT2D eigenvalue weighted by atomic mass is 32.1. The lowest BCUT2D eigenvalue weighted by molar-refractivity contribution is 0.799. The molecule has 94 valence electrons. The largest absolute Gasteiger partial charge is 0.342 e. The SMILES string of the molecule is CC(C)c1nc2cc3sc4ccccc4c3cc2[nH]1. The predicted molar refractivity (Wildman–Crippen MR) is 83.1 cm³/mol. The highest BCUT2D eigenvalue weighted by Gasteiger charge is 2.10. The van der Waals surface area contributed by atoms with Crippen molar-refractivity contribution in [1.82, 2.24) is 9.97 Å². The van der Waals surface area contributed by atoms with Crippen LogP contribution in [0.1, 0.15) is 25.6 Å². The molecule has 3 heteroatoms. The molecule has 0 atom stereocenters. The summed E-state index contributed by atoms with van der Waals surface area (Å²) in [5.74, 6) is 1.50. The van der Waals surface area contributed by atoms with Crippen molar-refractivity contribution in [2.75, 3.05) is 0 Å². The first-order valence-corrected chi connectivity index (χ1v) is 7.35. The first-order chi connectivity index (χ1) is 9.22.